The first-order chi connectivity index (χ1) is 9.54. The maximum Gasteiger partial charge on any atom is 0.236 e. The average molecular weight is 278 g/mol. The number of ether oxygens (including phenoxy) is 1. The van der Waals surface area contributed by atoms with Gasteiger partial charge in [0.15, 0.2) is 0 Å². The van der Waals surface area contributed by atoms with Crippen LogP contribution < -0.4 is 10.6 Å². The molecule has 0 saturated carbocycles. The Balaban J connectivity index is 2.36. The Hall–Kier alpha value is -1.39. The molecule has 4 heteroatoms. The highest BCUT2D eigenvalue weighted by Gasteiger charge is 2.11. The van der Waals surface area contributed by atoms with E-state index in [1.54, 1.807) is 7.11 Å². The van der Waals surface area contributed by atoms with Crippen LogP contribution in [0.3, 0.4) is 0 Å². The lowest BCUT2D eigenvalue weighted by atomic mass is 10.0. The molecule has 2 N–H and O–H groups in total. The molecule has 1 aromatic carbocycles. The van der Waals surface area contributed by atoms with Gasteiger partial charge in [-0.05, 0) is 24.0 Å². The van der Waals surface area contributed by atoms with Gasteiger partial charge in [0.1, 0.15) is 0 Å². The van der Waals surface area contributed by atoms with Gasteiger partial charge in [0.05, 0.1) is 12.6 Å². The van der Waals surface area contributed by atoms with E-state index in [2.05, 4.69) is 48.7 Å². The zero-order chi connectivity index (χ0) is 15.0. The van der Waals surface area contributed by atoms with Crippen molar-refractivity contribution in [1.29, 1.82) is 0 Å². The molecule has 0 fully saturated rings. The molecule has 20 heavy (non-hydrogen) atoms. The average Bonchev–Trinajstić information content (AvgIpc) is 2.45. The van der Waals surface area contributed by atoms with Gasteiger partial charge in [-0.1, -0.05) is 38.1 Å². The maximum atomic E-state index is 11.8. The second kappa shape index (κ2) is 8.72. The van der Waals surface area contributed by atoms with Gasteiger partial charge in [-0.3, -0.25) is 4.79 Å². The number of methoxy groups -OCH3 is 1. The minimum atomic E-state index is -0.211. The number of rotatable bonds is 8. The van der Waals surface area contributed by atoms with Crippen molar-refractivity contribution in [3.05, 3.63) is 35.4 Å². The summed E-state index contributed by atoms with van der Waals surface area (Å²) < 4.78 is 4.90. The van der Waals surface area contributed by atoms with Crippen LogP contribution in [-0.4, -0.2) is 32.2 Å². The van der Waals surface area contributed by atoms with Crippen molar-refractivity contribution in [1.82, 2.24) is 10.6 Å². The van der Waals surface area contributed by atoms with Gasteiger partial charge in [0.2, 0.25) is 5.91 Å². The zero-order valence-electron chi connectivity index (χ0n) is 12.9. The Kier molecular flexibility index (Phi) is 7.26. The lowest BCUT2D eigenvalue weighted by Gasteiger charge is -2.14. The van der Waals surface area contributed by atoms with Crippen LogP contribution in [-0.2, 0) is 16.1 Å². The molecule has 0 aliphatic heterocycles. The van der Waals surface area contributed by atoms with Gasteiger partial charge >= 0.3 is 0 Å². The van der Waals surface area contributed by atoms with E-state index in [4.69, 9.17) is 4.74 Å². The van der Waals surface area contributed by atoms with Crippen LogP contribution in [0.4, 0.5) is 0 Å². The van der Waals surface area contributed by atoms with Gasteiger partial charge in [0, 0.05) is 20.2 Å². The molecule has 0 aliphatic rings. The first-order valence-electron chi connectivity index (χ1n) is 7.13. The molecule has 0 bridgehead atoms. The van der Waals surface area contributed by atoms with E-state index in [9.17, 15) is 4.79 Å². The maximum absolute atomic E-state index is 11.8. The van der Waals surface area contributed by atoms with Crippen LogP contribution in [0.2, 0.25) is 0 Å². The summed E-state index contributed by atoms with van der Waals surface area (Å²) in [7, 11) is 1.62. The van der Waals surface area contributed by atoms with Crippen molar-refractivity contribution < 1.29 is 9.53 Å². The Bertz CT molecular complexity index is 401. The van der Waals surface area contributed by atoms with E-state index in [0.29, 0.717) is 25.6 Å². The Labute approximate surface area is 121 Å². The van der Waals surface area contributed by atoms with E-state index < -0.39 is 0 Å². The zero-order valence-corrected chi connectivity index (χ0v) is 12.9. The van der Waals surface area contributed by atoms with Crippen LogP contribution in [0.25, 0.3) is 0 Å². The highest BCUT2D eigenvalue weighted by Crippen LogP contribution is 2.14. The Morgan fingerprint density at radius 1 is 1.20 bits per heavy atom. The van der Waals surface area contributed by atoms with Gasteiger partial charge in [-0.2, -0.15) is 0 Å². The number of carbonyl (C=O) groups excluding carboxylic acids is 1. The minimum Gasteiger partial charge on any atom is -0.383 e. The van der Waals surface area contributed by atoms with Crippen LogP contribution in [0, 0.1) is 0 Å². The molecule has 112 valence electrons. The summed E-state index contributed by atoms with van der Waals surface area (Å²) in [6.45, 7) is 8.00. The standard InChI is InChI=1S/C16H26N2O2/c1-12(2)15-7-5-14(6-8-15)11-18-13(3)16(19)17-9-10-20-4/h5-8,12-13,18H,9-11H2,1-4H3,(H,17,19). The number of hydrogen-bond donors (Lipinski definition) is 2. The lowest BCUT2D eigenvalue weighted by molar-refractivity contribution is -0.122. The van der Waals surface area contributed by atoms with Gasteiger partial charge in [-0.25, -0.2) is 0 Å². The number of carbonyl (C=O) groups is 1. The van der Waals surface area contributed by atoms with Crippen molar-refractivity contribution >= 4 is 5.91 Å². The molecule has 0 spiro atoms. The van der Waals surface area contributed by atoms with E-state index in [1.807, 2.05) is 6.92 Å². The third-order valence-electron chi connectivity index (χ3n) is 3.26. The lowest BCUT2D eigenvalue weighted by Crippen LogP contribution is -2.42. The molecule has 0 saturated heterocycles. The van der Waals surface area contributed by atoms with Crippen LogP contribution in [0.5, 0.6) is 0 Å². The van der Waals surface area contributed by atoms with Crippen LogP contribution in [0.15, 0.2) is 24.3 Å². The van der Waals surface area contributed by atoms with Gasteiger partial charge in [0.25, 0.3) is 0 Å². The molecule has 1 atom stereocenters. The normalized spacial score (nSPS) is 12.4. The predicted octanol–water partition coefficient (Wildman–Crippen LogP) is 2.05. The minimum absolute atomic E-state index is 0.000788. The van der Waals surface area contributed by atoms with Gasteiger partial charge in [-0.15, -0.1) is 0 Å². The largest absolute Gasteiger partial charge is 0.383 e. The second-order valence-electron chi connectivity index (χ2n) is 5.28. The summed E-state index contributed by atoms with van der Waals surface area (Å²) in [6.07, 6.45) is 0. The molecule has 0 aromatic heterocycles. The van der Waals surface area contributed by atoms with E-state index in [-0.39, 0.29) is 11.9 Å². The van der Waals surface area contributed by atoms with Crippen molar-refractivity contribution in [2.24, 2.45) is 0 Å². The summed E-state index contributed by atoms with van der Waals surface area (Å²) in [5.74, 6) is 0.545. The highest BCUT2D eigenvalue weighted by atomic mass is 16.5. The molecule has 1 rings (SSSR count). The van der Waals surface area contributed by atoms with Crippen LogP contribution >= 0.6 is 0 Å². The van der Waals surface area contributed by atoms with Crippen molar-refractivity contribution in [3.8, 4) is 0 Å². The molecule has 1 aromatic rings. The number of nitrogens with one attached hydrogen (secondary N) is 2. The SMILES string of the molecule is COCCNC(=O)C(C)NCc1ccc(C(C)C)cc1. The topological polar surface area (TPSA) is 50.4 Å². The smallest absolute Gasteiger partial charge is 0.236 e. The Morgan fingerprint density at radius 3 is 2.40 bits per heavy atom. The summed E-state index contributed by atoms with van der Waals surface area (Å²) in [6, 6.07) is 8.29. The molecular formula is C16H26N2O2. The van der Waals surface area contributed by atoms with E-state index >= 15 is 0 Å². The summed E-state index contributed by atoms with van der Waals surface area (Å²) >= 11 is 0. The fourth-order valence-corrected chi connectivity index (χ4v) is 1.81. The molecule has 0 radical (unpaired) electrons. The molecule has 0 heterocycles. The van der Waals surface area contributed by atoms with Crippen molar-refractivity contribution in [3.63, 3.8) is 0 Å². The third-order valence-corrected chi connectivity index (χ3v) is 3.26. The number of benzene rings is 1. The fraction of sp³-hybridized carbons (Fsp3) is 0.562. The molecular weight excluding hydrogens is 252 g/mol. The number of amides is 1. The predicted molar refractivity (Wildman–Crippen MR) is 81.7 cm³/mol. The molecule has 1 amide bonds. The highest BCUT2D eigenvalue weighted by molar-refractivity contribution is 5.81. The quantitative estimate of drug-likeness (QED) is 0.716. The summed E-state index contributed by atoms with van der Waals surface area (Å²) in [5.41, 5.74) is 2.52. The first-order valence-corrected chi connectivity index (χ1v) is 7.13. The summed E-state index contributed by atoms with van der Waals surface area (Å²) in [5, 5.41) is 6.04. The third kappa shape index (κ3) is 5.72. The molecule has 0 aliphatic carbocycles. The monoisotopic (exact) mass is 278 g/mol. The van der Waals surface area contributed by atoms with Crippen molar-refractivity contribution in [2.45, 2.75) is 39.3 Å². The van der Waals surface area contributed by atoms with Crippen LogP contribution in [0.1, 0.15) is 37.8 Å². The molecule has 1 unspecified atom stereocenters. The van der Waals surface area contributed by atoms with E-state index in [1.165, 1.54) is 11.1 Å². The van der Waals surface area contributed by atoms with Crippen molar-refractivity contribution in [2.75, 3.05) is 20.3 Å². The fourth-order valence-electron chi connectivity index (χ4n) is 1.81. The molecule has 4 nitrogen and oxygen atoms in total. The van der Waals surface area contributed by atoms with Gasteiger partial charge < -0.3 is 15.4 Å². The Morgan fingerprint density at radius 2 is 1.85 bits per heavy atom. The van der Waals surface area contributed by atoms with E-state index in [0.717, 1.165) is 0 Å². The summed E-state index contributed by atoms with van der Waals surface area (Å²) in [4.78, 5) is 11.8. The second-order valence-corrected chi connectivity index (χ2v) is 5.28. The first kappa shape index (κ1) is 16.7. The number of hydrogen-bond acceptors (Lipinski definition) is 3.